The Kier molecular flexibility index (Phi) is 6.31. The van der Waals surface area contributed by atoms with Crippen molar-refractivity contribution in [2.45, 2.75) is 42.8 Å². The van der Waals surface area contributed by atoms with Crippen LogP contribution in [0.5, 0.6) is 0 Å². The number of carbonyl (C=O) groups is 2. The van der Waals surface area contributed by atoms with E-state index in [1.54, 1.807) is 19.1 Å². The minimum atomic E-state index is -0.565. The van der Waals surface area contributed by atoms with Gasteiger partial charge in [-0.25, -0.2) is 9.18 Å². The Hall–Kier alpha value is -3.20. The van der Waals surface area contributed by atoms with E-state index in [-0.39, 0.29) is 11.9 Å². The van der Waals surface area contributed by atoms with Gasteiger partial charge >= 0.3 is 6.03 Å². The number of amides is 3. The molecule has 2 aromatic carbocycles. The summed E-state index contributed by atoms with van der Waals surface area (Å²) < 4.78 is 15.3. The second-order valence-electron chi connectivity index (χ2n) is 7.38. The van der Waals surface area contributed by atoms with Crippen LogP contribution >= 0.6 is 11.8 Å². The van der Waals surface area contributed by atoms with Crippen LogP contribution in [0.3, 0.4) is 0 Å². The molecule has 1 aromatic heterocycles. The quantitative estimate of drug-likeness (QED) is 0.549. The molecule has 0 aliphatic heterocycles. The Morgan fingerprint density at radius 1 is 1.13 bits per heavy atom. The lowest BCUT2D eigenvalue weighted by Crippen LogP contribution is -2.43. The first-order valence-electron chi connectivity index (χ1n) is 10.0. The summed E-state index contributed by atoms with van der Waals surface area (Å²) in [6.07, 6.45) is 1.89. The zero-order chi connectivity index (χ0) is 21.8. The summed E-state index contributed by atoms with van der Waals surface area (Å²) >= 11 is 1.22. The number of rotatable bonds is 7. The van der Waals surface area contributed by atoms with Crippen LogP contribution in [-0.4, -0.2) is 38.0 Å². The van der Waals surface area contributed by atoms with Crippen LogP contribution < -0.4 is 10.6 Å². The number of urea groups is 1. The van der Waals surface area contributed by atoms with Crippen LogP contribution in [0.15, 0.2) is 59.8 Å². The summed E-state index contributed by atoms with van der Waals surface area (Å²) in [4.78, 5) is 24.3. The topological polar surface area (TPSA) is 88.9 Å². The van der Waals surface area contributed by atoms with E-state index in [1.807, 2.05) is 34.9 Å². The third-order valence-corrected chi connectivity index (χ3v) is 5.88. The van der Waals surface area contributed by atoms with Crippen molar-refractivity contribution >= 4 is 23.7 Å². The largest absolute Gasteiger partial charge is 0.335 e. The number of nitrogens with one attached hydrogen (secondary N) is 2. The van der Waals surface area contributed by atoms with Crippen molar-refractivity contribution in [1.82, 2.24) is 25.4 Å². The van der Waals surface area contributed by atoms with Crippen LogP contribution in [0, 0.1) is 5.82 Å². The molecule has 1 atom stereocenters. The van der Waals surface area contributed by atoms with Gasteiger partial charge in [-0.3, -0.25) is 14.7 Å². The number of nitrogens with zero attached hydrogens (tertiary/aromatic N) is 3. The number of halogens is 1. The maximum absolute atomic E-state index is 13.4. The molecular weight excluding hydrogens is 417 g/mol. The molecule has 31 heavy (non-hydrogen) atoms. The first kappa shape index (κ1) is 21.0. The average Bonchev–Trinajstić information content (AvgIpc) is 3.49. The molecule has 1 aliphatic carbocycles. The van der Waals surface area contributed by atoms with Crippen molar-refractivity contribution in [3.8, 4) is 11.4 Å². The molecule has 0 bridgehead atoms. The first-order valence-corrected chi connectivity index (χ1v) is 10.9. The predicted molar refractivity (Wildman–Crippen MR) is 116 cm³/mol. The number of benzene rings is 2. The van der Waals surface area contributed by atoms with Gasteiger partial charge in [-0.15, -0.1) is 10.2 Å². The predicted octanol–water partition coefficient (Wildman–Crippen LogP) is 3.60. The van der Waals surface area contributed by atoms with E-state index in [0.29, 0.717) is 17.5 Å². The zero-order valence-electron chi connectivity index (χ0n) is 16.9. The number of carbonyl (C=O) groups excluding carboxylic acids is 2. The molecule has 1 aliphatic rings. The third kappa shape index (κ3) is 5.49. The molecule has 1 fully saturated rings. The minimum Gasteiger partial charge on any atom is -0.335 e. The molecule has 9 heteroatoms. The molecule has 3 aromatic rings. The molecule has 0 saturated heterocycles. The summed E-state index contributed by atoms with van der Waals surface area (Å²) in [5.74, 6) is -0.159. The van der Waals surface area contributed by atoms with E-state index >= 15 is 0 Å². The molecule has 2 N–H and O–H groups in total. The van der Waals surface area contributed by atoms with Gasteiger partial charge in [0.25, 0.3) is 0 Å². The maximum Gasteiger partial charge on any atom is 0.321 e. The molecule has 0 spiro atoms. The molecule has 7 nitrogen and oxygen atoms in total. The van der Waals surface area contributed by atoms with E-state index in [0.717, 1.165) is 24.0 Å². The van der Waals surface area contributed by atoms with E-state index in [2.05, 4.69) is 20.8 Å². The highest BCUT2D eigenvalue weighted by Gasteiger charge is 2.26. The van der Waals surface area contributed by atoms with Crippen molar-refractivity contribution in [2.24, 2.45) is 0 Å². The number of hydrogen-bond donors (Lipinski definition) is 2. The van der Waals surface area contributed by atoms with Gasteiger partial charge in [0.15, 0.2) is 11.0 Å². The van der Waals surface area contributed by atoms with Crippen molar-refractivity contribution in [3.63, 3.8) is 0 Å². The van der Waals surface area contributed by atoms with E-state index < -0.39 is 17.2 Å². The summed E-state index contributed by atoms with van der Waals surface area (Å²) in [6, 6.07) is 15.5. The van der Waals surface area contributed by atoms with E-state index in [4.69, 9.17) is 0 Å². The van der Waals surface area contributed by atoms with Gasteiger partial charge in [-0.05, 0) is 49.6 Å². The number of imide groups is 1. The SMILES string of the molecule is CC(Sc1nnc(-c2ccc(F)cc2)n1Cc1ccccc1)C(=O)NC(=O)NC1CC1. The Morgan fingerprint density at radius 3 is 2.52 bits per heavy atom. The molecule has 1 unspecified atom stereocenters. The summed E-state index contributed by atoms with van der Waals surface area (Å²) in [5.41, 5.74) is 1.76. The second kappa shape index (κ2) is 9.30. The standard InChI is InChI=1S/C22H22FN5O2S/c1-14(20(29)25-21(30)24-18-11-12-18)31-22-27-26-19(16-7-9-17(23)10-8-16)28(22)13-15-5-3-2-4-6-15/h2-10,14,18H,11-13H2,1H3,(H2,24,25,29,30). The van der Waals surface area contributed by atoms with Crippen LogP contribution in [-0.2, 0) is 11.3 Å². The van der Waals surface area contributed by atoms with Crippen molar-refractivity contribution in [3.05, 3.63) is 66.0 Å². The monoisotopic (exact) mass is 439 g/mol. The Balaban J connectivity index is 1.55. The third-order valence-electron chi connectivity index (χ3n) is 4.80. The van der Waals surface area contributed by atoms with Gasteiger partial charge in [-0.1, -0.05) is 42.1 Å². The van der Waals surface area contributed by atoms with Gasteiger partial charge in [-0.2, -0.15) is 0 Å². The van der Waals surface area contributed by atoms with Crippen LogP contribution in [0.2, 0.25) is 0 Å². The summed E-state index contributed by atoms with van der Waals surface area (Å²) in [6.45, 7) is 2.20. The van der Waals surface area contributed by atoms with Gasteiger partial charge in [0.05, 0.1) is 11.8 Å². The zero-order valence-corrected chi connectivity index (χ0v) is 17.7. The smallest absolute Gasteiger partial charge is 0.321 e. The van der Waals surface area contributed by atoms with E-state index in [9.17, 15) is 14.0 Å². The highest BCUT2D eigenvalue weighted by atomic mass is 32.2. The van der Waals surface area contributed by atoms with Gasteiger partial charge in [0.2, 0.25) is 5.91 Å². The Labute approximate surface area is 183 Å². The Morgan fingerprint density at radius 2 is 1.84 bits per heavy atom. The fourth-order valence-corrected chi connectivity index (χ4v) is 3.82. The van der Waals surface area contributed by atoms with Crippen molar-refractivity contribution in [1.29, 1.82) is 0 Å². The Bertz CT molecular complexity index is 1070. The second-order valence-corrected chi connectivity index (χ2v) is 8.69. The lowest BCUT2D eigenvalue weighted by atomic mass is 10.2. The fraction of sp³-hybridized carbons (Fsp3) is 0.273. The molecule has 1 saturated carbocycles. The highest BCUT2D eigenvalue weighted by Crippen LogP contribution is 2.28. The lowest BCUT2D eigenvalue weighted by molar-refractivity contribution is -0.119. The van der Waals surface area contributed by atoms with Crippen LogP contribution in [0.4, 0.5) is 9.18 Å². The number of hydrogen-bond acceptors (Lipinski definition) is 5. The van der Waals surface area contributed by atoms with Crippen LogP contribution in [0.1, 0.15) is 25.3 Å². The highest BCUT2D eigenvalue weighted by molar-refractivity contribution is 8.00. The lowest BCUT2D eigenvalue weighted by Gasteiger charge is -2.14. The first-order chi connectivity index (χ1) is 15.0. The normalized spacial score (nSPS) is 14.1. The average molecular weight is 440 g/mol. The number of thioether (sulfide) groups is 1. The molecular formula is C22H22FN5O2S. The summed E-state index contributed by atoms with van der Waals surface area (Å²) in [7, 11) is 0. The summed E-state index contributed by atoms with van der Waals surface area (Å²) in [5, 5.41) is 13.6. The van der Waals surface area contributed by atoms with Crippen LogP contribution in [0.25, 0.3) is 11.4 Å². The van der Waals surface area contributed by atoms with Crippen molar-refractivity contribution in [2.75, 3.05) is 0 Å². The van der Waals surface area contributed by atoms with Gasteiger partial charge in [0, 0.05) is 11.6 Å². The van der Waals surface area contributed by atoms with Crippen molar-refractivity contribution < 1.29 is 14.0 Å². The fourth-order valence-electron chi connectivity index (χ4n) is 2.97. The molecule has 0 radical (unpaired) electrons. The number of aromatic nitrogens is 3. The minimum absolute atomic E-state index is 0.169. The maximum atomic E-state index is 13.4. The molecule has 1 heterocycles. The van der Waals surface area contributed by atoms with E-state index in [1.165, 1.54) is 23.9 Å². The van der Waals surface area contributed by atoms with Gasteiger partial charge in [0.1, 0.15) is 5.82 Å². The molecule has 160 valence electrons. The van der Waals surface area contributed by atoms with Gasteiger partial charge < -0.3 is 5.32 Å². The molecule has 3 amide bonds. The molecule has 4 rings (SSSR count).